The largest absolute Gasteiger partial charge is 0.190 e. The molecular formula is C7H8NS2+. The summed E-state index contributed by atoms with van der Waals surface area (Å²) in [5, 5.41) is 1.37. The number of hydrogen-bond acceptors (Lipinski definition) is 2. The number of fused-ring (bicyclic) bond motifs is 1. The van der Waals surface area contributed by atoms with E-state index < -0.39 is 0 Å². The van der Waals surface area contributed by atoms with Crippen LogP contribution in [0.4, 0.5) is 0 Å². The summed E-state index contributed by atoms with van der Waals surface area (Å²) in [6, 6.07) is 2.26. The fourth-order valence-electron chi connectivity index (χ4n) is 0.941. The van der Waals surface area contributed by atoms with Crippen molar-refractivity contribution < 1.29 is 4.37 Å². The van der Waals surface area contributed by atoms with Gasteiger partial charge >= 0.3 is 0 Å². The third kappa shape index (κ3) is 0.859. The Morgan fingerprint density at radius 1 is 1.60 bits per heavy atom. The zero-order chi connectivity index (χ0) is 6.97. The summed E-state index contributed by atoms with van der Waals surface area (Å²) < 4.78 is 4.53. The molecule has 0 aliphatic heterocycles. The molecule has 0 spiro atoms. The number of nitrogens with one attached hydrogen (secondary N) is 1. The SMILES string of the molecule is CCc1cc2c[nH+]sc2s1. The van der Waals surface area contributed by atoms with Gasteiger partial charge in [-0.3, -0.25) is 0 Å². The molecule has 0 amide bonds. The van der Waals surface area contributed by atoms with Gasteiger partial charge in [-0.25, -0.2) is 0 Å². The molecule has 52 valence electrons. The van der Waals surface area contributed by atoms with E-state index in [1.807, 2.05) is 11.3 Å². The van der Waals surface area contributed by atoms with Crippen LogP contribution in [0.15, 0.2) is 12.3 Å². The van der Waals surface area contributed by atoms with Crippen molar-refractivity contribution in [1.82, 2.24) is 0 Å². The predicted molar refractivity (Wildman–Crippen MR) is 45.6 cm³/mol. The van der Waals surface area contributed by atoms with Crippen LogP contribution in [0.1, 0.15) is 11.8 Å². The fourth-order valence-corrected chi connectivity index (χ4v) is 2.91. The normalized spacial score (nSPS) is 10.9. The van der Waals surface area contributed by atoms with Gasteiger partial charge in [-0.2, -0.15) is 4.37 Å². The van der Waals surface area contributed by atoms with E-state index in [1.54, 1.807) is 11.5 Å². The van der Waals surface area contributed by atoms with Crippen LogP contribution in [0.3, 0.4) is 0 Å². The molecule has 1 nitrogen and oxygen atoms in total. The first-order valence-corrected chi connectivity index (χ1v) is 4.91. The molecule has 10 heavy (non-hydrogen) atoms. The van der Waals surface area contributed by atoms with Gasteiger partial charge < -0.3 is 0 Å². The van der Waals surface area contributed by atoms with Gasteiger partial charge in [0.25, 0.3) is 0 Å². The van der Waals surface area contributed by atoms with E-state index in [1.165, 1.54) is 14.3 Å². The maximum Gasteiger partial charge on any atom is 0.190 e. The second-order valence-electron chi connectivity index (χ2n) is 2.17. The summed E-state index contributed by atoms with van der Waals surface area (Å²) >= 11 is 3.61. The molecule has 0 aliphatic carbocycles. The Balaban J connectivity index is 2.67. The second-order valence-corrected chi connectivity index (χ2v) is 4.42. The van der Waals surface area contributed by atoms with E-state index >= 15 is 0 Å². The Kier molecular flexibility index (Phi) is 1.47. The van der Waals surface area contributed by atoms with Crippen molar-refractivity contribution in [2.75, 3.05) is 0 Å². The van der Waals surface area contributed by atoms with Crippen LogP contribution in [0.5, 0.6) is 0 Å². The fraction of sp³-hybridized carbons (Fsp3) is 0.286. The van der Waals surface area contributed by atoms with Crippen LogP contribution < -0.4 is 4.37 Å². The zero-order valence-corrected chi connectivity index (χ0v) is 7.31. The minimum atomic E-state index is 1.16. The third-order valence-electron chi connectivity index (χ3n) is 1.49. The topological polar surface area (TPSA) is 14.1 Å². The van der Waals surface area contributed by atoms with Crippen molar-refractivity contribution >= 4 is 32.3 Å². The standard InChI is InChI=1S/C7H7NS2/c1-2-6-3-5-4-8-10-7(5)9-6/h3-4H,2H2,1H3/p+1. The lowest BCUT2D eigenvalue weighted by Gasteiger charge is -1.79. The molecule has 2 rings (SSSR count). The Bertz CT molecular complexity index is 305. The minimum Gasteiger partial charge on any atom is -0.153 e. The molecule has 0 saturated heterocycles. The smallest absolute Gasteiger partial charge is 0.153 e. The minimum absolute atomic E-state index is 1.16. The highest BCUT2D eigenvalue weighted by Crippen LogP contribution is 2.26. The molecule has 0 aromatic carbocycles. The molecule has 3 heteroatoms. The molecule has 1 N–H and O–H groups in total. The van der Waals surface area contributed by atoms with Crippen molar-refractivity contribution in [3.63, 3.8) is 0 Å². The number of H-pyrrole nitrogens is 1. The Morgan fingerprint density at radius 2 is 2.50 bits per heavy atom. The van der Waals surface area contributed by atoms with Crippen molar-refractivity contribution in [2.24, 2.45) is 0 Å². The lowest BCUT2D eigenvalue weighted by molar-refractivity contribution is -0.287. The number of aromatic amines is 1. The first-order chi connectivity index (χ1) is 4.90. The highest BCUT2D eigenvalue weighted by Gasteiger charge is 2.04. The molecule has 0 bridgehead atoms. The summed E-state index contributed by atoms with van der Waals surface area (Å²) in [4.78, 5) is 1.48. The summed E-state index contributed by atoms with van der Waals surface area (Å²) in [6.45, 7) is 2.19. The maximum absolute atomic E-state index is 3.12. The van der Waals surface area contributed by atoms with Crippen molar-refractivity contribution in [2.45, 2.75) is 13.3 Å². The number of aryl methyl sites for hydroxylation is 1. The molecule has 2 heterocycles. The van der Waals surface area contributed by atoms with Crippen LogP contribution in [0, 0.1) is 0 Å². The molecule has 0 unspecified atom stereocenters. The Morgan fingerprint density at radius 3 is 3.20 bits per heavy atom. The van der Waals surface area contributed by atoms with Crippen molar-refractivity contribution in [3.05, 3.63) is 17.1 Å². The van der Waals surface area contributed by atoms with Crippen LogP contribution in [-0.4, -0.2) is 0 Å². The Hall–Kier alpha value is -0.410. The van der Waals surface area contributed by atoms with Crippen LogP contribution in [-0.2, 0) is 6.42 Å². The first-order valence-electron chi connectivity index (χ1n) is 3.28. The first kappa shape index (κ1) is 6.31. The summed E-state index contributed by atoms with van der Waals surface area (Å²) in [5.41, 5.74) is 0. The molecule has 0 saturated carbocycles. The third-order valence-corrected chi connectivity index (χ3v) is 3.74. The van der Waals surface area contributed by atoms with Gasteiger partial charge in [0, 0.05) is 4.88 Å². The van der Waals surface area contributed by atoms with Gasteiger partial charge in [-0.1, -0.05) is 6.92 Å². The average Bonchev–Trinajstić information content (AvgIpc) is 2.42. The van der Waals surface area contributed by atoms with E-state index in [0.29, 0.717) is 0 Å². The van der Waals surface area contributed by atoms with E-state index in [0.717, 1.165) is 6.42 Å². The van der Waals surface area contributed by atoms with Gasteiger partial charge in [0.15, 0.2) is 21.7 Å². The van der Waals surface area contributed by atoms with Crippen LogP contribution >= 0.6 is 22.9 Å². The van der Waals surface area contributed by atoms with Crippen LogP contribution in [0.25, 0.3) is 9.40 Å². The number of hydrogen-bond donors (Lipinski definition) is 0. The summed E-state index contributed by atoms with van der Waals surface area (Å²) in [5.74, 6) is 0. The second kappa shape index (κ2) is 2.32. The van der Waals surface area contributed by atoms with Gasteiger partial charge in [0.05, 0.1) is 5.39 Å². The molecule has 0 aliphatic rings. The molecular weight excluding hydrogens is 162 g/mol. The predicted octanol–water partition coefficient (Wildman–Crippen LogP) is 2.34. The van der Waals surface area contributed by atoms with Crippen LogP contribution in [0.2, 0.25) is 0 Å². The van der Waals surface area contributed by atoms with Crippen molar-refractivity contribution in [3.8, 4) is 0 Å². The molecule has 0 radical (unpaired) electrons. The molecule has 2 aromatic heterocycles. The maximum atomic E-state index is 3.12. The molecule has 2 aromatic rings. The zero-order valence-electron chi connectivity index (χ0n) is 5.68. The lowest BCUT2D eigenvalue weighted by Crippen LogP contribution is -1.83. The van der Waals surface area contributed by atoms with E-state index in [4.69, 9.17) is 0 Å². The van der Waals surface area contributed by atoms with Gasteiger partial charge in [-0.05, 0) is 12.5 Å². The molecule has 0 atom stereocenters. The van der Waals surface area contributed by atoms with Crippen molar-refractivity contribution in [1.29, 1.82) is 0 Å². The number of aromatic nitrogens is 1. The number of thiophene rings is 1. The Labute approximate surface area is 67.5 Å². The number of rotatable bonds is 1. The van der Waals surface area contributed by atoms with Gasteiger partial charge in [-0.15, -0.1) is 11.3 Å². The summed E-state index contributed by atoms with van der Waals surface area (Å²) in [6.07, 6.45) is 3.22. The van der Waals surface area contributed by atoms with E-state index in [-0.39, 0.29) is 0 Å². The highest BCUT2D eigenvalue weighted by molar-refractivity contribution is 7.34. The van der Waals surface area contributed by atoms with E-state index in [9.17, 15) is 0 Å². The summed E-state index contributed by atoms with van der Waals surface area (Å²) in [7, 11) is 0. The average molecular weight is 170 g/mol. The lowest BCUT2D eigenvalue weighted by atomic mass is 10.3. The highest BCUT2D eigenvalue weighted by atomic mass is 32.2. The monoisotopic (exact) mass is 170 g/mol. The van der Waals surface area contributed by atoms with E-state index in [2.05, 4.69) is 23.6 Å². The van der Waals surface area contributed by atoms with Gasteiger partial charge in [0.2, 0.25) is 0 Å². The van der Waals surface area contributed by atoms with Gasteiger partial charge in [0.1, 0.15) is 0 Å². The quantitative estimate of drug-likeness (QED) is 0.623. The molecule has 0 fully saturated rings.